The maximum absolute atomic E-state index is 12.5. The highest BCUT2D eigenvalue weighted by Gasteiger charge is 2.33. The fourth-order valence-electron chi connectivity index (χ4n) is 2.74. The van der Waals surface area contributed by atoms with Crippen LogP contribution in [0.2, 0.25) is 0 Å². The molecular formula is C15H24BrN5O2. The molecule has 2 heterocycles. The number of carbonyl (C=O) groups excluding carboxylic acids is 1. The molecule has 1 aliphatic rings. The van der Waals surface area contributed by atoms with E-state index in [9.17, 15) is 4.79 Å². The lowest BCUT2D eigenvalue weighted by Gasteiger charge is -2.38. The molecule has 0 bridgehead atoms. The van der Waals surface area contributed by atoms with Crippen molar-refractivity contribution in [2.24, 2.45) is 5.73 Å². The van der Waals surface area contributed by atoms with E-state index in [4.69, 9.17) is 10.5 Å². The average molecular weight is 386 g/mol. The maximum atomic E-state index is 12.5. The second-order valence-electron chi connectivity index (χ2n) is 5.97. The number of hydrogen-bond donors (Lipinski definition) is 1. The van der Waals surface area contributed by atoms with Gasteiger partial charge in [0.2, 0.25) is 17.7 Å². The summed E-state index contributed by atoms with van der Waals surface area (Å²) in [5.41, 5.74) is 5.37. The van der Waals surface area contributed by atoms with Crippen LogP contribution >= 0.6 is 15.9 Å². The molecule has 1 amide bonds. The van der Waals surface area contributed by atoms with Gasteiger partial charge in [-0.15, -0.1) is 0 Å². The Balaban J connectivity index is 2.00. The van der Waals surface area contributed by atoms with E-state index in [1.54, 1.807) is 13.3 Å². The summed E-state index contributed by atoms with van der Waals surface area (Å²) in [6.07, 6.45) is 3.27. The summed E-state index contributed by atoms with van der Waals surface area (Å²) in [6.45, 7) is 6.45. The highest BCUT2D eigenvalue weighted by Crippen LogP contribution is 2.24. The molecule has 0 aliphatic carbocycles. The first kappa shape index (κ1) is 17.9. The number of hydrogen-bond acceptors (Lipinski definition) is 6. The van der Waals surface area contributed by atoms with Crippen molar-refractivity contribution in [2.75, 3.05) is 38.2 Å². The first-order chi connectivity index (χ1) is 10.9. The van der Waals surface area contributed by atoms with Crippen LogP contribution in [0.15, 0.2) is 10.7 Å². The molecule has 2 rings (SSSR count). The molecule has 23 heavy (non-hydrogen) atoms. The molecule has 1 atom stereocenters. The van der Waals surface area contributed by atoms with Crippen LogP contribution in [0, 0.1) is 0 Å². The maximum Gasteiger partial charge on any atom is 0.242 e. The van der Waals surface area contributed by atoms with Crippen molar-refractivity contribution < 1.29 is 9.53 Å². The summed E-state index contributed by atoms with van der Waals surface area (Å²) in [7, 11) is 1.57. The molecule has 1 aromatic rings. The van der Waals surface area contributed by atoms with Crippen LogP contribution in [0.5, 0.6) is 5.88 Å². The molecule has 1 aromatic heterocycles. The van der Waals surface area contributed by atoms with E-state index in [0.29, 0.717) is 44.4 Å². The number of piperazine rings is 1. The van der Waals surface area contributed by atoms with E-state index >= 15 is 0 Å². The van der Waals surface area contributed by atoms with Crippen LogP contribution in [-0.4, -0.2) is 59.6 Å². The molecule has 0 radical (unpaired) electrons. The van der Waals surface area contributed by atoms with Crippen molar-refractivity contribution in [1.29, 1.82) is 0 Å². The molecule has 1 unspecified atom stereocenters. The number of aromatic nitrogens is 2. The van der Waals surface area contributed by atoms with Gasteiger partial charge in [0.1, 0.15) is 0 Å². The highest BCUT2D eigenvalue weighted by molar-refractivity contribution is 9.10. The molecule has 1 saturated heterocycles. The second-order valence-corrected chi connectivity index (χ2v) is 6.83. The molecule has 0 saturated carbocycles. The normalized spacial score (nSPS) is 17.8. The number of nitrogens with two attached hydrogens (primary N) is 1. The fourth-order valence-corrected chi connectivity index (χ4v) is 3.09. The number of nitrogens with zero attached hydrogens (tertiary/aromatic N) is 4. The zero-order valence-corrected chi connectivity index (χ0v) is 15.5. The number of amides is 1. The molecule has 2 N–H and O–H groups in total. The monoisotopic (exact) mass is 385 g/mol. The Labute approximate surface area is 145 Å². The number of rotatable bonds is 5. The molecule has 1 fully saturated rings. The molecule has 7 nitrogen and oxygen atoms in total. The molecule has 0 aromatic carbocycles. The zero-order valence-electron chi connectivity index (χ0n) is 13.9. The van der Waals surface area contributed by atoms with Gasteiger partial charge in [-0.25, -0.2) is 4.98 Å². The first-order valence-corrected chi connectivity index (χ1v) is 8.58. The third-order valence-electron chi connectivity index (χ3n) is 4.00. The van der Waals surface area contributed by atoms with E-state index in [2.05, 4.69) is 25.9 Å². The Hall–Kier alpha value is -1.41. The Bertz CT molecular complexity index is 559. The second kappa shape index (κ2) is 7.44. The summed E-state index contributed by atoms with van der Waals surface area (Å²) in [6, 6.07) is 0. The quantitative estimate of drug-likeness (QED) is 0.824. The smallest absolute Gasteiger partial charge is 0.242 e. The molecular weight excluding hydrogens is 362 g/mol. The van der Waals surface area contributed by atoms with E-state index in [0.717, 1.165) is 10.9 Å². The Morgan fingerprint density at radius 3 is 2.65 bits per heavy atom. The summed E-state index contributed by atoms with van der Waals surface area (Å²) >= 11 is 3.34. The van der Waals surface area contributed by atoms with Gasteiger partial charge in [0.05, 0.1) is 23.3 Å². The minimum atomic E-state index is -0.783. The minimum Gasteiger partial charge on any atom is -0.480 e. The van der Waals surface area contributed by atoms with Gasteiger partial charge in [-0.05, 0) is 29.3 Å². The Morgan fingerprint density at radius 1 is 1.43 bits per heavy atom. The van der Waals surface area contributed by atoms with Gasteiger partial charge in [-0.3, -0.25) is 4.79 Å². The Morgan fingerprint density at radius 2 is 2.09 bits per heavy atom. The van der Waals surface area contributed by atoms with Crippen LogP contribution in [0.1, 0.15) is 26.7 Å². The number of methoxy groups -OCH3 is 1. The fraction of sp³-hybridized carbons (Fsp3) is 0.667. The number of halogens is 1. The number of carbonyl (C=O) groups is 1. The molecule has 1 aliphatic heterocycles. The van der Waals surface area contributed by atoms with E-state index < -0.39 is 5.54 Å². The van der Waals surface area contributed by atoms with Crippen molar-refractivity contribution in [1.82, 2.24) is 14.9 Å². The molecule has 0 spiro atoms. The molecule has 128 valence electrons. The van der Waals surface area contributed by atoms with E-state index in [-0.39, 0.29) is 5.91 Å². The van der Waals surface area contributed by atoms with Gasteiger partial charge in [0, 0.05) is 26.2 Å². The summed E-state index contributed by atoms with van der Waals surface area (Å²) < 4.78 is 5.92. The van der Waals surface area contributed by atoms with Crippen molar-refractivity contribution >= 4 is 27.8 Å². The SMILES string of the molecule is CCCC(C)(N)C(=O)N1CCN(c2ncc(Br)c(OC)n2)CC1. The summed E-state index contributed by atoms with van der Waals surface area (Å²) in [4.78, 5) is 25.1. The van der Waals surface area contributed by atoms with Crippen LogP contribution in [-0.2, 0) is 4.79 Å². The first-order valence-electron chi connectivity index (χ1n) is 7.78. The lowest BCUT2D eigenvalue weighted by Crippen LogP contribution is -2.58. The van der Waals surface area contributed by atoms with E-state index in [1.807, 2.05) is 23.6 Å². The van der Waals surface area contributed by atoms with Crippen LogP contribution in [0.25, 0.3) is 0 Å². The molecule has 8 heteroatoms. The van der Waals surface area contributed by atoms with Crippen molar-refractivity contribution in [2.45, 2.75) is 32.2 Å². The third kappa shape index (κ3) is 4.11. The lowest BCUT2D eigenvalue weighted by molar-refractivity contribution is -0.137. The van der Waals surface area contributed by atoms with Gasteiger partial charge in [0.15, 0.2) is 0 Å². The van der Waals surface area contributed by atoms with Crippen LogP contribution in [0.3, 0.4) is 0 Å². The topological polar surface area (TPSA) is 84.6 Å². The van der Waals surface area contributed by atoms with Gasteiger partial charge < -0.3 is 20.3 Å². The minimum absolute atomic E-state index is 0.0216. The van der Waals surface area contributed by atoms with Gasteiger partial charge >= 0.3 is 0 Å². The summed E-state index contributed by atoms with van der Waals surface area (Å²) in [5, 5.41) is 0. The lowest BCUT2D eigenvalue weighted by atomic mass is 9.95. The number of ether oxygens (including phenoxy) is 1. The van der Waals surface area contributed by atoms with Crippen LogP contribution < -0.4 is 15.4 Å². The predicted octanol–water partition coefficient (Wildman–Crippen LogP) is 1.41. The van der Waals surface area contributed by atoms with Crippen molar-refractivity contribution in [3.63, 3.8) is 0 Å². The highest BCUT2D eigenvalue weighted by atomic mass is 79.9. The average Bonchev–Trinajstić information content (AvgIpc) is 2.55. The number of anilines is 1. The largest absolute Gasteiger partial charge is 0.480 e. The zero-order chi connectivity index (χ0) is 17.0. The van der Waals surface area contributed by atoms with E-state index in [1.165, 1.54) is 0 Å². The van der Waals surface area contributed by atoms with Gasteiger partial charge in [-0.2, -0.15) is 4.98 Å². The van der Waals surface area contributed by atoms with Gasteiger partial charge in [-0.1, -0.05) is 13.3 Å². The van der Waals surface area contributed by atoms with Crippen LogP contribution in [0.4, 0.5) is 5.95 Å². The van der Waals surface area contributed by atoms with Crippen molar-refractivity contribution in [3.8, 4) is 5.88 Å². The van der Waals surface area contributed by atoms with Gasteiger partial charge in [0.25, 0.3) is 0 Å². The predicted molar refractivity (Wildman–Crippen MR) is 92.6 cm³/mol. The standard InChI is InChI=1S/C15H24BrN5O2/c1-4-5-15(2,17)13(22)20-6-8-21(9-7-20)14-18-10-11(16)12(19-14)23-3/h10H,4-9,17H2,1-3H3. The third-order valence-corrected chi connectivity index (χ3v) is 4.54. The Kier molecular flexibility index (Phi) is 5.80. The summed E-state index contributed by atoms with van der Waals surface area (Å²) in [5.74, 6) is 1.14. The van der Waals surface area contributed by atoms with Crippen molar-refractivity contribution in [3.05, 3.63) is 10.7 Å².